The molecule has 0 fully saturated rings. The van der Waals surface area contributed by atoms with Crippen LogP contribution in [0.3, 0.4) is 0 Å². The zero-order valence-electron chi connectivity index (χ0n) is 13.6. The number of carbonyl (C=O) groups excluding carboxylic acids is 1. The smallest absolute Gasteiger partial charge is 0.323 e. The normalized spacial score (nSPS) is 19.1. The fraction of sp³-hybridized carbons (Fsp3) is 0.211. The number of H-pyrrole nitrogens is 1. The molecule has 1 aromatic heterocycles. The van der Waals surface area contributed by atoms with Gasteiger partial charge in [-0.05, 0) is 17.7 Å². The summed E-state index contributed by atoms with van der Waals surface area (Å²) in [4.78, 5) is 15.5. The second-order valence-electron chi connectivity index (χ2n) is 5.96. The number of aromatic nitrogens is 1. The van der Waals surface area contributed by atoms with Crippen molar-refractivity contribution in [1.29, 1.82) is 0 Å². The minimum Gasteiger partial charge on any atom is -0.468 e. The molecule has 3 aromatic rings. The number of para-hydroxylation sites is 1. The van der Waals surface area contributed by atoms with Gasteiger partial charge in [0, 0.05) is 28.6 Å². The molecule has 1 aliphatic rings. The van der Waals surface area contributed by atoms with Crippen LogP contribution < -0.4 is 5.32 Å². The maximum Gasteiger partial charge on any atom is 0.323 e. The molecule has 2 aromatic carbocycles. The number of nitrogens with one attached hydrogen (secondary N) is 2. The molecule has 2 heterocycles. The summed E-state index contributed by atoms with van der Waals surface area (Å²) in [6.45, 7) is 0. The van der Waals surface area contributed by atoms with Crippen LogP contribution in [0.15, 0.2) is 48.5 Å². The van der Waals surface area contributed by atoms with Gasteiger partial charge in [0.25, 0.3) is 0 Å². The molecule has 130 valence electrons. The molecule has 2 N–H and O–H groups in total. The fourth-order valence-corrected chi connectivity index (χ4v) is 3.48. The van der Waals surface area contributed by atoms with Gasteiger partial charge in [0.05, 0.1) is 13.2 Å². The highest BCUT2D eigenvalue weighted by molar-refractivity contribution is 5.87. The van der Waals surface area contributed by atoms with Gasteiger partial charge in [0.2, 0.25) is 0 Å². The van der Waals surface area contributed by atoms with Gasteiger partial charge < -0.3 is 9.72 Å². The first-order chi connectivity index (χ1) is 11.7. The molecule has 2 unspecified atom stereocenters. The monoisotopic (exact) mass is 360 g/mol. The maximum atomic E-state index is 14.4. The highest BCUT2D eigenvalue weighted by atomic mass is 35.5. The van der Waals surface area contributed by atoms with Crippen LogP contribution in [0.25, 0.3) is 10.9 Å². The van der Waals surface area contributed by atoms with Gasteiger partial charge >= 0.3 is 5.97 Å². The molecule has 6 heteroatoms. The van der Waals surface area contributed by atoms with E-state index >= 15 is 0 Å². The molecule has 4 nitrogen and oxygen atoms in total. The summed E-state index contributed by atoms with van der Waals surface area (Å²) in [5.41, 5.74) is 3.43. The number of hydrogen-bond donors (Lipinski definition) is 2. The first-order valence-electron chi connectivity index (χ1n) is 7.87. The van der Waals surface area contributed by atoms with Crippen molar-refractivity contribution in [2.45, 2.75) is 18.5 Å². The Morgan fingerprint density at radius 3 is 2.64 bits per heavy atom. The second-order valence-corrected chi connectivity index (χ2v) is 5.96. The van der Waals surface area contributed by atoms with E-state index < -0.39 is 12.1 Å². The van der Waals surface area contributed by atoms with E-state index in [-0.39, 0.29) is 24.2 Å². The molecule has 0 bridgehead atoms. The van der Waals surface area contributed by atoms with E-state index in [9.17, 15) is 9.18 Å². The van der Waals surface area contributed by atoms with E-state index in [1.54, 1.807) is 18.2 Å². The molecule has 0 radical (unpaired) electrons. The van der Waals surface area contributed by atoms with Gasteiger partial charge in [-0.25, -0.2) is 4.39 Å². The third-order valence-corrected chi connectivity index (χ3v) is 4.61. The highest BCUT2D eigenvalue weighted by Crippen LogP contribution is 2.36. The minimum atomic E-state index is -0.508. The lowest BCUT2D eigenvalue weighted by molar-refractivity contribution is -0.143. The molecule has 0 saturated carbocycles. The molecule has 4 rings (SSSR count). The minimum absolute atomic E-state index is 0. The first-order valence-corrected chi connectivity index (χ1v) is 7.87. The summed E-state index contributed by atoms with van der Waals surface area (Å²) in [5, 5.41) is 4.29. The highest BCUT2D eigenvalue weighted by Gasteiger charge is 2.35. The number of aromatic amines is 1. The number of fused-ring (bicyclic) bond motifs is 3. The third-order valence-electron chi connectivity index (χ3n) is 4.61. The average molecular weight is 361 g/mol. The number of methoxy groups -OCH3 is 1. The maximum absolute atomic E-state index is 14.4. The van der Waals surface area contributed by atoms with Crippen LogP contribution >= 0.6 is 12.4 Å². The van der Waals surface area contributed by atoms with E-state index in [4.69, 9.17) is 4.74 Å². The van der Waals surface area contributed by atoms with E-state index in [0.717, 1.165) is 22.2 Å². The summed E-state index contributed by atoms with van der Waals surface area (Å²) in [6.07, 6.45) is 0.511. The molecule has 25 heavy (non-hydrogen) atoms. The second kappa shape index (κ2) is 6.86. The van der Waals surface area contributed by atoms with Gasteiger partial charge in [0.1, 0.15) is 11.9 Å². The van der Waals surface area contributed by atoms with Gasteiger partial charge in [-0.2, -0.15) is 0 Å². The van der Waals surface area contributed by atoms with Crippen LogP contribution in [-0.4, -0.2) is 24.1 Å². The molecular weight excluding hydrogens is 343 g/mol. The predicted octanol–water partition coefficient (Wildman–Crippen LogP) is 3.51. The van der Waals surface area contributed by atoms with Crippen molar-refractivity contribution >= 4 is 29.3 Å². The van der Waals surface area contributed by atoms with Gasteiger partial charge in [-0.3, -0.25) is 10.1 Å². The first kappa shape index (κ1) is 17.5. The van der Waals surface area contributed by atoms with Crippen molar-refractivity contribution in [3.8, 4) is 0 Å². The lowest BCUT2D eigenvalue weighted by Crippen LogP contribution is -2.45. The Balaban J connectivity index is 0.00000182. The Morgan fingerprint density at radius 2 is 1.88 bits per heavy atom. The predicted molar refractivity (Wildman–Crippen MR) is 96.4 cm³/mol. The number of carbonyl (C=O) groups is 1. The topological polar surface area (TPSA) is 54.1 Å². The standard InChI is InChI=1S/C19H17FN2O2.ClH/c1-24-19(23)16-10-13-11-6-3-5-9-15(11)21-18(13)17(22-16)12-7-2-4-8-14(12)20;/h2-9,16-17,21-22H,10H2,1H3;1H. The average Bonchev–Trinajstić information content (AvgIpc) is 2.99. The number of rotatable bonds is 2. The van der Waals surface area contributed by atoms with Crippen LogP contribution in [0.1, 0.15) is 22.9 Å². The lowest BCUT2D eigenvalue weighted by atomic mass is 9.90. The van der Waals surface area contributed by atoms with Crippen molar-refractivity contribution in [3.05, 3.63) is 71.2 Å². The Bertz CT molecular complexity index is 925. The number of halogens is 2. The number of esters is 1. The summed E-state index contributed by atoms with van der Waals surface area (Å²) in [7, 11) is 1.37. The molecule has 1 aliphatic heterocycles. The van der Waals surface area contributed by atoms with E-state index in [2.05, 4.69) is 10.3 Å². The van der Waals surface area contributed by atoms with Crippen molar-refractivity contribution in [1.82, 2.24) is 10.3 Å². The summed E-state index contributed by atoms with van der Waals surface area (Å²) in [5.74, 6) is -0.641. The Labute approximate surface area is 150 Å². The van der Waals surface area contributed by atoms with Crippen LogP contribution in [0.2, 0.25) is 0 Å². The van der Waals surface area contributed by atoms with Gasteiger partial charge in [-0.15, -0.1) is 12.4 Å². The van der Waals surface area contributed by atoms with Crippen molar-refractivity contribution in [3.63, 3.8) is 0 Å². The zero-order valence-corrected chi connectivity index (χ0v) is 14.4. The largest absolute Gasteiger partial charge is 0.468 e. The summed E-state index contributed by atoms with van der Waals surface area (Å²) >= 11 is 0. The number of benzene rings is 2. The molecule has 0 saturated heterocycles. The van der Waals surface area contributed by atoms with Crippen LogP contribution in [-0.2, 0) is 16.0 Å². The molecule has 0 aliphatic carbocycles. The SMILES string of the molecule is COC(=O)C1Cc2c([nH]c3ccccc23)C(c2ccccc2F)N1.Cl. The Hall–Kier alpha value is -2.37. The van der Waals surface area contributed by atoms with Crippen molar-refractivity contribution < 1.29 is 13.9 Å². The van der Waals surface area contributed by atoms with Crippen molar-refractivity contribution in [2.24, 2.45) is 0 Å². The summed E-state index contributed by atoms with van der Waals surface area (Å²) in [6, 6.07) is 13.6. The van der Waals surface area contributed by atoms with E-state index in [1.165, 1.54) is 13.2 Å². The Morgan fingerprint density at radius 1 is 1.16 bits per heavy atom. The van der Waals surface area contributed by atoms with E-state index in [0.29, 0.717) is 12.0 Å². The quantitative estimate of drug-likeness (QED) is 0.688. The van der Waals surface area contributed by atoms with Crippen LogP contribution in [0.5, 0.6) is 0 Å². The molecule has 2 atom stereocenters. The number of hydrogen-bond acceptors (Lipinski definition) is 3. The molecule has 0 amide bonds. The van der Waals surface area contributed by atoms with Gasteiger partial charge in [-0.1, -0.05) is 36.4 Å². The zero-order chi connectivity index (χ0) is 16.7. The number of ether oxygens (including phenoxy) is 1. The van der Waals surface area contributed by atoms with Crippen LogP contribution in [0, 0.1) is 5.82 Å². The Kier molecular flexibility index (Phi) is 4.79. The fourth-order valence-electron chi connectivity index (χ4n) is 3.48. The third kappa shape index (κ3) is 2.90. The van der Waals surface area contributed by atoms with Gasteiger partial charge in [0.15, 0.2) is 0 Å². The summed E-state index contributed by atoms with van der Waals surface area (Å²) < 4.78 is 19.3. The van der Waals surface area contributed by atoms with Crippen molar-refractivity contribution in [2.75, 3.05) is 7.11 Å². The molecule has 0 spiro atoms. The molecular formula is C19H18ClFN2O2. The van der Waals surface area contributed by atoms with Crippen LogP contribution in [0.4, 0.5) is 4.39 Å². The lowest BCUT2D eigenvalue weighted by Gasteiger charge is -2.30. The van der Waals surface area contributed by atoms with E-state index in [1.807, 2.05) is 24.3 Å².